The Kier molecular flexibility index (Phi) is 5.91. The first-order valence-electron chi connectivity index (χ1n) is 6.49. The first-order valence-corrected chi connectivity index (χ1v) is 6.49. The number of benzene rings is 1. The Balaban J connectivity index is 3.15. The van der Waals surface area contributed by atoms with E-state index in [1.54, 1.807) is 21.0 Å². The van der Waals surface area contributed by atoms with Gasteiger partial charge in [0.05, 0.1) is 25.3 Å². The van der Waals surface area contributed by atoms with Crippen LogP contribution in [0.25, 0.3) is 0 Å². The first-order chi connectivity index (χ1) is 10.3. The molecule has 1 rings (SSSR count). The van der Waals surface area contributed by atoms with E-state index in [1.165, 1.54) is 37.3 Å². The Hall–Kier alpha value is -2.57. The van der Waals surface area contributed by atoms with E-state index in [1.807, 2.05) is 0 Å². The van der Waals surface area contributed by atoms with Crippen molar-refractivity contribution in [3.63, 3.8) is 0 Å². The smallest absolute Gasteiger partial charge is 0.338 e. The van der Waals surface area contributed by atoms with Crippen LogP contribution in [0.5, 0.6) is 5.75 Å². The molecule has 0 aliphatic carbocycles. The van der Waals surface area contributed by atoms with Gasteiger partial charge in [-0.1, -0.05) is 0 Å². The molecular formula is C15H19NO6. The van der Waals surface area contributed by atoms with Gasteiger partial charge >= 0.3 is 11.9 Å². The third-order valence-corrected chi connectivity index (χ3v) is 2.85. The van der Waals surface area contributed by atoms with Crippen molar-refractivity contribution >= 4 is 17.8 Å². The van der Waals surface area contributed by atoms with Gasteiger partial charge in [0.1, 0.15) is 5.75 Å². The molecule has 7 nitrogen and oxygen atoms in total. The van der Waals surface area contributed by atoms with Crippen LogP contribution in [0, 0.1) is 0 Å². The second-order valence-electron chi connectivity index (χ2n) is 4.72. The average molecular weight is 309 g/mol. The van der Waals surface area contributed by atoms with Gasteiger partial charge in [-0.05, 0) is 25.1 Å². The highest BCUT2D eigenvalue weighted by atomic mass is 16.5. The fourth-order valence-electron chi connectivity index (χ4n) is 1.76. The zero-order valence-electron chi connectivity index (χ0n) is 13.2. The van der Waals surface area contributed by atoms with E-state index in [9.17, 15) is 14.4 Å². The van der Waals surface area contributed by atoms with Crippen molar-refractivity contribution in [3.05, 3.63) is 29.3 Å². The first kappa shape index (κ1) is 17.5. The van der Waals surface area contributed by atoms with Crippen molar-refractivity contribution < 1.29 is 28.6 Å². The van der Waals surface area contributed by atoms with E-state index in [4.69, 9.17) is 4.74 Å². The van der Waals surface area contributed by atoms with E-state index in [2.05, 4.69) is 9.47 Å². The summed E-state index contributed by atoms with van der Waals surface area (Å²) in [6.07, 6.45) is -0.770. The fourth-order valence-corrected chi connectivity index (χ4v) is 1.76. The van der Waals surface area contributed by atoms with Crippen LogP contribution in [-0.4, -0.2) is 57.2 Å². The summed E-state index contributed by atoms with van der Waals surface area (Å²) in [6.45, 7) is 1.57. The van der Waals surface area contributed by atoms with Crippen molar-refractivity contribution in [3.8, 4) is 5.75 Å². The lowest BCUT2D eigenvalue weighted by atomic mass is 10.1. The van der Waals surface area contributed by atoms with Crippen LogP contribution in [0.3, 0.4) is 0 Å². The van der Waals surface area contributed by atoms with Gasteiger partial charge in [-0.15, -0.1) is 0 Å². The number of ether oxygens (including phenoxy) is 3. The van der Waals surface area contributed by atoms with Crippen molar-refractivity contribution in [2.75, 3.05) is 28.3 Å². The molecule has 22 heavy (non-hydrogen) atoms. The maximum Gasteiger partial charge on any atom is 0.338 e. The summed E-state index contributed by atoms with van der Waals surface area (Å²) in [4.78, 5) is 36.5. The molecule has 120 valence electrons. The molecule has 1 amide bonds. The van der Waals surface area contributed by atoms with Gasteiger partial charge in [0, 0.05) is 14.1 Å². The van der Waals surface area contributed by atoms with Gasteiger partial charge in [0.25, 0.3) is 5.91 Å². The molecule has 0 fully saturated rings. The standard InChI is InChI=1S/C15H19NO6/c1-9(13(17)16(2)3)22-12-7-10(14(18)20-4)6-11(8-12)15(19)21-5/h6-9H,1-5H3/t9-/m1/s1. The highest BCUT2D eigenvalue weighted by molar-refractivity contribution is 5.96. The number of carbonyl (C=O) groups excluding carboxylic acids is 3. The van der Waals surface area contributed by atoms with Gasteiger partial charge in [-0.25, -0.2) is 9.59 Å². The minimum Gasteiger partial charge on any atom is -0.481 e. The summed E-state index contributed by atoms with van der Waals surface area (Å²) in [5.41, 5.74) is 0.259. The molecule has 0 saturated carbocycles. The van der Waals surface area contributed by atoms with E-state index < -0.39 is 18.0 Å². The number of methoxy groups -OCH3 is 2. The molecule has 0 heterocycles. The lowest BCUT2D eigenvalue weighted by Crippen LogP contribution is -2.35. The molecule has 7 heteroatoms. The molecule has 0 saturated heterocycles. The van der Waals surface area contributed by atoms with E-state index in [-0.39, 0.29) is 22.8 Å². The summed E-state index contributed by atoms with van der Waals surface area (Å²) >= 11 is 0. The molecule has 0 aliphatic rings. The van der Waals surface area contributed by atoms with Crippen LogP contribution in [0.15, 0.2) is 18.2 Å². The van der Waals surface area contributed by atoms with Crippen LogP contribution >= 0.6 is 0 Å². The van der Waals surface area contributed by atoms with Crippen molar-refractivity contribution in [1.29, 1.82) is 0 Å². The monoisotopic (exact) mass is 309 g/mol. The maximum absolute atomic E-state index is 11.8. The molecule has 0 spiro atoms. The summed E-state index contributed by atoms with van der Waals surface area (Å²) in [6, 6.07) is 4.14. The Bertz CT molecular complexity index is 547. The lowest BCUT2D eigenvalue weighted by Gasteiger charge is -2.19. The molecule has 0 aliphatic heterocycles. The second kappa shape index (κ2) is 7.44. The number of hydrogen-bond acceptors (Lipinski definition) is 6. The van der Waals surface area contributed by atoms with Gasteiger partial charge in [-0.2, -0.15) is 0 Å². The SMILES string of the molecule is COC(=O)c1cc(O[C@H](C)C(=O)N(C)C)cc(C(=O)OC)c1. The molecule has 0 aromatic heterocycles. The minimum atomic E-state index is -0.770. The second-order valence-corrected chi connectivity index (χ2v) is 4.72. The quantitative estimate of drug-likeness (QED) is 0.758. The van der Waals surface area contributed by atoms with Gasteiger partial charge in [0.2, 0.25) is 0 Å². The molecule has 0 unspecified atom stereocenters. The summed E-state index contributed by atoms with van der Waals surface area (Å²) in [7, 11) is 5.66. The van der Waals surface area contributed by atoms with Crippen molar-refractivity contribution in [2.24, 2.45) is 0 Å². The van der Waals surface area contributed by atoms with Crippen LogP contribution < -0.4 is 4.74 Å². The molecule has 1 aromatic carbocycles. The third kappa shape index (κ3) is 4.21. The highest BCUT2D eigenvalue weighted by Gasteiger charge is 2.19. The number of likely N-dealkylation sites (N-methyl/N-ethyl adjacent to an activating group) is 1. The number of carbonyl (C=O) groups is 3. The van der Waals surface area contributed by atoms with Gasteiger partial charge in [0.15, 0.2) is 6.10 Å². The van der Waals surface area contributed by atoms with E-state index in [0.29, 0.717) is 0 Å². The number of rotatable bonds is 5. The van der Waals surface area contributed by atoms with Crippen molar-refractivity contribution in [2.45, 2.75) is 13.0 Å². The van der Waals surface area contributed by atoms with Gasteiger partial charge < -0.3 is 19.1 Å². The normalized spacial score (nSPS) is 11.3. The maximum atomic E-state index is 11.8. The molecule has 0 N–H and O–H groups in total. The molecule has 0 bridgehead atoms. The number of esters is 2. The summed E-state index contributed by atoms with van der Waals surface area (Å²) in [5, 5.41) is 0. The lowest BCUT2D eigenvalue weighted by molar-refractivity contribution is -0.135. The third-order valence-electron chi connectivity index (χ3n) is 2.85. The summed E-state index contributed by atoms with van der Waals surface area (Å²) < 4.78 is 14.8. The van der Waals surface area contributed by atoms with Crippen LogP contribution in [-0.2, 0) is 14.3 Å². The molecular weight excluding hydrogens is 290 g/mol. The van der Waals surface area contributed by atoms with E-state index in [0.717, 1.165) is 0 Å². The Morgan fingerprint density at radius 3 is 1.77 bits per heavy atom. The van der Waals surface area contributed by atoms with Gasteiger partial charge in [-0.3, -0.25) is 4.79 Å². The molecule has 0 radical (unpaired) electrons. The number of amides is 1. The number of nitrogens with zero attached hydrogens (tertiary/aromatic N) is 1. The Labute approximate surface area is 128 Å². The highest BCUT2D eigenvalue weighted by Crippen LogP contribution is 2.20. The zero-order chi connectivity index (χ0) is 16.9. The molecule has 1 atom stereocenters. The van der Waals surface area contributed by atoms with Crippen LogP contribution in [0.4, 0.5) is 0 Å². The van der Waals surface area contributed by atoms with Crippen molar-refractivity contribution in [1.82, 2.24) is 4.90 Å². The predicted molar refractivity (Wildman–Crippen MR) is 77.9 cm³/mol. The predicted octanol–water partition coefficient (Wildman–Crippen LogP) is 1.12. The fraction of sp³-hybridized carbons (Fsp3) is 0.400. The van der Waals surface area contributed by atoms with Crippen LogP contribution in [0.2, 0.25) is 0 Å². The Morgan fingerprint density at radius 2 is 1.41 bits per heavy atom. The van der Waals surface area contributed by atoms with Crippen LogP contribution in [0.1, 0.15) is 27.6 Å². The topological polar surface area (TPSA) is 82.1 Å². The van der Waals surface area contributed by atoms with E-state index >= 15 is 0 Å². The largest absolute Gasteiger partial charge is 0.481 e. The number of hydrogen-bond donors (Lipinski definition) is 0. The molecule has 1 aromatic rings. The minimum absolute atomic E-state index is 0.130. The average Bonchev–Trinajstić information content (AvgIpc) is 2.51. The zero-order valence-corrected chi connectivity index (χ0v) is 13.2. The Morgan fingerprint density at radius 1 is 0.955 bits per heavy atom. The summed E-state index contributed by atoms with van der Waals surface area (Å²) in [5.74, 6) is -1.29.